The number of hydrogen-bond donors (Lipinski definition) is 1. The van der Waals surface area contributed by atoms with Crippen LogP contribution in [0.4, 0.5) is 0 Å². The van der Waals surface area contributed by atoms with Gasteiger partial charge in [-0.25, -0.2) is 0 Å². The molecule has 0 bridgehead atoms. The van der Waals surface area contributed by atoms with Gasteiger partial charge in [-0.05, 0) is 18.9 Å². The summed E-state index contributed by atoms with van der Waals surface area (Å²) in [5.74, 6) is 1.25. The molecule has 2 unspecified atom stereocenters. The molecule has 0 saturated carbocycles. The van der Waals surface area contributed by atoms with E-state index in [4.69, 9.17) is 9.47 Å². The first-order valence-electron chi connectivity index (χ1n) is 6.13. The molecule has 1 aliphatic rings. The number of hydrogen-bond acceptors (Lipinski definition) is 3. The zero-order valence-corrected chi connectivity index (χ0v) is 10.3. The molecule has 1 saturated heterocycles. The second-order valence-corrected chi connectivity index (χ2v) is 4.72. The van der Waals surface area contributed by atoms with Crippen LogP contribution in [-0.2, 0) is 9.47 Å². The van der Waals surface area contributed by atoms with E-state index in [1.807, 2.05) is 0 Å². The van der Waals surface area contributed by atoms with Crippen LogP contribution in [0.15, 0.2) is 0 Å². The fraction of sp³-hybridized carbons (Fsp3) is 1.00. The van der Waals surface area contributed by atoms with Crippen molar-refractivity contribution in [2.24, 2.45) is 11.8 Å². The lowest BCUT2D eigenvalue weighted by molar-refractivity contribution is 0.0715. The second kappa shape index (κ2) is 7.20. The normalized spacial score (nSPS) is 23.6. The summed E-state index contributed by atoms with van der Waals surface area (Å²) in [6.45, 7) is 11.0. The van der Waals surface area contributed by atoms with Gasteiger partial charge in [-0.3, -0.25) is 0 Å². The van der Waals surface area contributed by atoms with Crippen molar-refractivity contribution < 1.29 is 9.47 Å². The molecule has 0 amide bonds. The summed E-state index contributed by atoms with van der Waals surface area (Å²) in [6.07, 6.45) is 1.17. The Morgan fingerprint density at radius 3 is 2.73 bits per heavy atom. The van der Waals surface area contributed by atoms with Crippen molar-refractivity contribution in [1.29, 1.82) is 0 Å². The molecule has 1 rings (SSSR count). The Labute approximate surface area is 93.5 Å². The van der Waals surface area contributed by atoms with Crippen molar-refractivity contribution in [2.45, 2.75) is 33.2 Å². The Bertz CT molecular complexity index is 156. The molecule has 3 nitrogen and oxygen atoms in total. The van der Waals surface area contributed by atoms with Crippen molar-refractivity contribution in [1.82, 2.24) is 5.32 Å². The van der Waals surface area contributed by atoms with Gasteiger partial charge in [-0.2, -0.15) is 0 Å². The van der Waals surface area contributed by atoms with Crippen LogP contribution in [0.3, 0.4) is 0 Å². The highest BCUT2D eigenvalue weighted by atomic mass is 16.5. The molecule has 2 atom stereocenters. The molecule has 0 radical (unpaired) electrons. The van der Waals surface area contributed by atoms with E-state index in [9.17, 15) is 0 Å². The fourth-order valence-electron chi connectivity index (χ4n) is 1.92. The highest BCUT2D eigenvalue weighted by Crippen LogP contribution is 2.17. The highest BCUT2D eigenvalue weighted by Gasteiger charge is 2.25. The zero-order valence-electron chi connectivity index (χ0n) is 10.3. The second-order valence-electron chi connectivity index (χ2n) is 4.72. The third-order valence-electron chi connectivity index (χ3n) is 2.75. The molecule has 0 spiro atoms. The Morgan fingerprint density at radius 1 is 1.40 bits per heavy atom. The summed E-state index contributed by atoms with van der Waals surface area (Å²) >= 11 is 0. The molecular weight excluding hydrogens is 190 g/mol. The predicted octanol–water partition coefficient (Wildman–Crippen LogP) is 1.67. The molecule has 0 aromatic carbocycles. The smallest absolute Gasteiger partial charge is 0.0623 e. The van der Waals surface area contributed by atoms with Gasteiger partial charge >= 0.3 is 0 Å². The minimum absolute atomic E-state index is 0.469. The van der Waals surface area contributed by atoms with Crippen LogP contribution in [0, 0.1) is 11.8 Å². The van der Waals surface area contributed by atoms with Gasteiger partial charge in [-0.15, -0.1) is 0 Å². The zero-order chi connectivity index (χ0) is 11.1. The molecule has 90 valence electrons. The Hall–Kier alpha value is -0.120. The lowest BCUT2D eigenvalue weighted by atomic mass is 10.00. The van der Waals surface area contributed by atoms with Crippen LogP contribution in [-0.4, -0.2) is 39.0 Å². The van der Waals surface area contributed by atoms with E-state index in [-0.39, 0.29) is 0 Å². The molecule has 3 heteroatoms. The van der Waals surface area contributed by atoms with Gasteiger partial charge in [0.05, 0.1) is 13.2 Å². The number of likely N-dealkylation sites (N-methyl/N-ethyl adjacent to an activating group) is 1. The van der Waals surface area contributed by atoms with Gasteiger partial charge in [-0.1, -0.05) is 20.8 Å². The van der Waals surface area contributed by atoms with Crippen molar-refractivity contribution in [3.63, 3.8) is 0 Å². The number of rotatable bonds is 7. The van der Waals surface area contributed by atoms with E-state index >= 15 is 0 Å². The van der Waals surface area contributed by atoms with E-state index in [1.54, 1.807) is 0 Å². The van der Waals surface area contributed by atoms with Crippen LogP contribution in [0.5, 0.6) is 0 Å². The van der Waals surface area contributed by atoms with Gasteiger partial charge in [0.15, 0.2) is 0 Å². The maximum absolute atomic E-state index is 5.70. The van der Waals surface area contributed by atoms with Gasteiger partial charge in [0, 0.05) is 25.2 Å². The fourth-order valence-corrected chi connectivity index (χ4v) is 1.92. The summed E-state index contributed by atoms with van der Waals surface area (Å²) in [5, 5.41) is 3.49. The van der Waals surface area contributed by atoms with E-state index in [1.165, 1.54) is 6.42 Å². The minimum Gasteiger partial charge on any atom is -0.381 e. The van der Waals surface area contributed by atoms with Crippen LogP contribution in [0.2, 0.25) is 0 Å². The van der Waals surface area contributed by atoms with Gasteiger partial charge in [0.1, 0.15) is 0 Å². The van der Waals surface area contributed by atoms with E-state index < -0.39 is 0 Å². The average molecular weight is 215 g/mol. The summed E-state index contributed by atoms with van der Waals surface area (Å²) in [6, 6.07) is 0.469. The van der Waals surface area contributed by atoms with Gasteiger partial charge < -0.3 is 14.8 Å². The van der Waals surface area contributed by atoms with Crippen molar-refractivity contribution >= 4 is 0 Å². The predicted molar refractivity (Wildman–Crippen MR) is 62.0 cm³/mol. The van der Waals surface area contributed by atoms with Crippen molar-refractivity contribution in [3.05, 3.63) is 0 Å². The molecule has 1 N–H and O–H groups in total. The molecule has 1 fully saturated rings. The Morgan fingerprint density at radius 2 is 2.20 bits per heavy atom. The molecule has 0 aromatic rings. The lowest BCUT2D eigenvalue weighted by Crippen LogP contribution is -2.40. The summed E-state index contributed by atoms with van der Waals surface area (Å²) in [7, 11) is 0. The van der Waals surface area contributed by atoms with Crippen molar-refractivity contribution in [2.75, 3.05) is 33.0 Å². The minimum atomic E-state index is 0.469. The third-order valence-corrected chi connectivity index (χ3v) is 2.75. The quantitative estimate of drug-likeness (QED) is 0.701. The monoisotopic (exact) mass is 215 g/mol. The summed E-state index contributed by atoms with van der Waals surface area (Å²) in [5.41, 5.74) is 0. The Kier molecular flexibility index (Phi) is 6.22. The summed E-state index contributed by atoms with van der Waals surface area (Å²) in [4.78, 5) is 0. The van der Waals surface area contributed by atoms with Crippen LogP contribution in [0.25, 0.3) is 0 Å². The molecule has 0 aromatic heterocycles. The molecule has 1 heterocycles. The van der Waals surface area contributed by atoms with E-state index in [0.717, 1.165) is 33.0 Å². The average Bonchev–Trinajstić information content (AvgIpc) is 2.68. The highest BCUT2D eigenvalue weighted by molar-refractivity contribution is 4.78. The number of ether oxygens (including phenoxy) is 2. The molecular formula is C12H25NO2. The SMILES string of the molecule is CCNC(COCC(C)C)C1CCOC1. The van der Waals surface area contributed by atoms with Gasteiger partial charge in [0.25, 0.3) is 0 Å². The molecule has 15 heavy (non-hydrogen) atoms. The standard InChI is InChI=1S/C12H25NO2/c1-4-13-12(9-15-7-10(2)3)11-5-6-14-8-11/h10-13H,4-9H2,1-3H3. The largest absolute Gasteiger partial charge is 0.381 e. The molecule has 0 aliphatic carbocycles. The topological polar surface area (TPSA) is 30.5 Å². The van der Waals surface area contributed by atoms with Crippen LogP contribution in [0.1, 0.15) is 27.2 Å². The first-order valence-corrected chi connectivity index (χ1v) is 6.13. The maximum Gasteiger partial charge on any atom is 0.0623 e. The first-order chi connectivity index (χ1) is 7.24. The van der Waals surface area contributed by atoms with Gasteiger partial charge in [0.2, 0.25) is 0 Å². The first kappa shape index (κ1) is 12.9. The maximum atomic E-state index is 5.70. The van der Waals surface area contributed by atoms with Crippen molar-refractivity contribution in [3.8, 4) is 0 Å². The summed E-state index contributed by atoms with van der Waals surface area (Å²) < 4.78 is 11.1. The Balaban J connectivity index is 2.23. The lowest BCUT2D eigenvalue weighted by Gasteiger charge is -2.23. The van der Waals surface area contributed by atoms with E-state index in [2.05, 4.69) is 26.1 Å². The van der Waals surface area contributed by atoms with E-state index in [0.29, 0.717) is 17.9 Å². The third kappa shape index (κ3) is 4.96. The molecule has 1 aliphatic heterocycles. The van der Waals surface area contributed by atoms with Crippen LogP contribution < -0.4 is 5.32 Å². The van der Waals surface area contributed by atoms with Crippen LogP contribution >= 0.6 is 0 Å². The number of nitrogens with one attached hydrogen (secondary N) is 1.